The van der Waals surface area contributed by atoms with Crippen molar-refractivity contribution in [2.75, 3.05) is 6.54 Å². The van der Waals surface area contributed by atoms with Crippen molar-refractivity contribution in [1.82, 2.24) is 9.88 Å². The summed E-state index contributed by atoms with van der Waals surface area (Å²) >= 11 is 0. The molecule has 1 fully saturated rings. The Morgan fingerprint density at radius 1 is 1.44 bits per heavy atom. The third kappa shape index (κ3) is 2.32. The predicted molar refractivity (Wildman–Crippen MR) is 62.1 cm³/mol. The number of rotatable bonds is 2. The first kappa shape index (κ1) is 12.5. The van der Waals surface area contributed by atoms with Crippen LogP contribution in [0.2, 0.25) is 0 Å². The molecule has 0 bridgehead atoms. The molecule has 1 aromatic heterocycles. The summed E-state index contributed by atoms with van der Waals surface area (Å²) in [5, 5.41) is 0. The molecular formula is C12H14FN3O2. The van der Waals surface area contributed by atoms with Crippen molar-refractivity contribution in [3.05, 3.63) is 29.8 Å². The SMILES string of the molecule is NC(=O)C1CCCCN1C(=O)c1cccnc1F. The fraction of sp³-hybridized carbons (Fsp3) is 0.417. The van der Waals surface area contributed by atoms with Gasteiger partial charge in [-0.1, -0.05) is 0 Å². The summed E-state index contributed by atoms with van der Waals surface area (Å²) in [4.78, 5) is 28.3. The second-order valence-electron chi connectivity index (χ2n) is 4.25. The van der Waals surface area contributed by atoms with Gasteiger partial charge in [0.15, 0.2) is 0 Å². The van der Waals surface area contributed by atoms with E-state index in [1.165, 1.54) is 23.2 Å². The first-order valence-electron chi connectivity index (χ1n) is 5.82. The molecule has 5 nitrogen and oxygen atoms in total. The minimum atomic E-state index is -0.823. The van der Waals surface area contributed by atoms with Crippen LogP contribution in [0.5, 0.6) is 0 Å². The topological polar surface area (TPSA) is 76.3 Å². The van der Waals surface area contributed by atoms with Crippen molar-refractivity contribution >= 4 is 11.8 Å². The number of pyridine rings is 1. The number of carbonyl (C=O) groups excluding carboxylic acids is 2. The van der Waals surface area contributed by atoms with Crippen LogP contribution in [-0.4, -0.2) is 34.3 Å². The first-order chi connectivity index (χ1) is 8.61. The van der Waals surface area contributed by atoms with Crippen LogP contribution in [0.4, 0.5) is 4.39 Å². The van der Waals surface area contributed by atoms with Crippen molar-refractivity contribution in [2.24, 2.45) is 5.73 Å². The number of nitrogens with two attached hydrogens (primary N) is 1. The maximum atomic E-state index is 13.4. The van der Waals surface area contributed by atoms with E-state index in [4.69, 9.17) is 5.73 Å². The minimum absolute atomic E-state index is 0.120. The van der Waals surface area contributed by atoms with Crippen LogP contribution >= 0.6 is 0 Å². The van der Waals surface area contributed by atoms with Gasteiger partial charge in [0.1, 0.15) is 6.04 Å². The van der Waals surface area contributed by atoms with E-state index in [1.807, 2.05) is 0 Å². The Bertz CT molecular complexity index is 478. The number of hydrogen-bond donors (Lipinski definition) is 1. The lowest BCUT2D eigenvalue weighted by Gasteiger charge is -2.33. The van der Waals surface area contributed by atoms with Gasteiger partial charge in [-0.25, -0.2) is 4.98 Å². The molecule has 6 heteroatoms. The van der Waals surface area contributed by atoms with E-state index in [0.717, 1.165) is 12.8 Å². The summed E-state index contributed by atoms with van der Waals surface area (Å²) in [5.41, 5.74) is 5.15. The lowest BCUT2D eigenvalue weighted by atomic mass is 10.0. The smallest absolute Gasteiger partial charge is 0.259 e. The van der Waals surface area contributed by atoms with E-state index in [2.05, 4.69) is 4.98 Å². The van der Waals surface area contributed by atoms with Crippen LogP contribution in [0.3, 0.4) is 0 Å². The fourth-order valence-corrected chi connectivity index (χ4v) is 2.17. The molecule has 2 heterocycles. The van der Waals surface area contributed by atoms with Gasteiger partial charge in [0, 0.05) is 12.7 Å². The van der Waals surface area contributed by atoms with E-state index in [9.17, 15) is 14.0 Å². The number of primary amides is 1. The molecule has 1 atom stereocenters. The monoisotopic (exact) mass is 251 g/mol. The van der Waals surface area contributed by atoms with E-state index in [1.54, 1.807) is 0 Å². The van der Waals surface area contributed by atoms with Crippen molar-refractivity contribution in [2.45, 2.75) is 25.3 Å². The minimum Gasteiger partial charge on any atom is -0.368 e. The van der Waals surface area contributed by atoms with E-state index >= 15 is 0 Å². The van der Waals surface area contributed by atoms with E-state index < -0.39 is 23.8 Å². The van der Waals surface area contributed by atoms with Gasteiger partial charge in [-0.15, -0.1) is 0 Å². The van der Waals surface area contributed by atoms with Crippen molar-refractivity contribution in [3.63, 3.8) is 0 Å². The molecule has 0 aromatic carbocycles. The first-order valence-corrected chi connectivity index (χ1v) is 5.82. The van der Waals surface area contributed by atoms with Gasteiger partial charge < -0.3 is 10.6 Å². The average molecular weight is 251 g/mol. The van der Waals surface area contributed by atoms with Crippen LogP contribution in [0.15, 0.2) is 18.3 Å². The Morgan fingerprint density at radius 3 is 2.89 bits per heavy atom. The van der Waals surface area contributed by atoms with Crippen LogP contribution < -0.4 is 5.73 Å². The highest BCUT2D eigenvalue weighted by atomic mass is 19.1. The molecule has 1 aromatic rings. The van der Waals surface area contributed by atoms with Gasteiger partial charge in [-0.05, 0) is 31.4 Å². The Morgan fingerprint density at radius 2 is 2.22 bits per heavy atom. The Hall–Kier alpha value is -1.98. The predicted octanol–water partition coefficient (Wildman–Crippen LogP) is 0.701. The highest BCUT2D eigenvalue weighted by molar-refractivity contribution is 5.97. The van der Waals surface area contributed by atoms with Crippen LogP contribution in [0.1, 0.15) is 29.6 Å². The number of likely N-dealkylation sites (tertiary alicyclic amines) is 1. The second kappa shape index (κ2) is 5.12. The zero-order valence-electron chi connectivity index (χ0n) is 9.80. The highest BCUT2D eigenvalue weighted by Gasteiger charge is 2.32. The van der Waals surface area contributed by atoms with E-state index in [0.29, 0.717) is 13.0 Å². The molecule has 96 valence electrons. The molecule has 0 saturated carbocycles. The van der Waals surface area contributed by atoms with Crippen LogP contribution in [0.25, 0.3) is 0 Å². The Labute approximate surface area is 104 Å². The zero-order valence-corrected chi connectivity index (χ0v) is 9.80. The third-order valence-corrected chi connectivity index (χ3v) is 3.08. The molecule has 1 unspecified atom stereocenters. The van der Waals surface area contributed by atoms with Crippen LogP contribution in [-0.2, 0) is 4.79 Å². The summed E-state index contributed by atoms with van der Waals surface area (Å²) < 4.78 is 13.4. The normalized spacial score (nSPS) is 19.6. The van der Waals surface area contributed by atoms with Gasteiger partial charge in [0.25, 0.3) is 5.91 Å². The highest BCUT2D eigenvalue weighted by Crippen LogP contribution is 2.20. The number of piperidine rings is 1. The molecule has 0 aliphatic carbocycles. The molecule has 18 heavy (non-hydrogen) atoms. The van der Waals surface area contributed by atoms with Gasteiger partial charge in [0.2, 0.25) is 11.9 Å². The van der Waals surface area contributed by atoms with Gasteiger partial charge in [-0.2, -0.15) is 4.39 Å². The molecular weight excluding hydrogens is 237 g/mol. The maximum absolute atomic E-state index is 13.4. The standard InChI is InChI=1S/C12H14FN3O2/c13-10-8(4-3-6-15-10)12(18)16-7-2-1-5-9(16)11(14)17/h3-4,6,9H,1-2,5,7H2,(H2,14,17). The van der Waals surface area contributed by atoms with Crippen molar-refractivity contribution in [1.29, 1.82) is 0 Å². The number of halogens is 1. The van der Waals surface area contributed by atoms with Gasteiger partial charge >= 0.3 is 0 Å². The average Bonchev–Trinajstić information content (AvgIpc) is 2.38. The van der Waals surface area contributed by atoms with Gasteiger partial charge in [0.05, 0.1) is 5.56 Å². The van der Waals surface area contributed by atoms with Crippen LogP contribution in [0, 0.1) is 5.95 Å². The van der Waals surface area contributed by atoms with Gasteiger partial charge in [-0.3, -0.25) is 9.59 Å². The van der Waals surface area contributed by atoms with Crippen molar-refractivity contribution < 1.29 is 14.0 Å². The summed E-state index contributed by atoms with van der Waals surface area (Å²) in [6, 6.07) is 2.20. The molecule has 1 saturated heterocycles. The quantitative estimate of drug-likeness (QED) is 0.786. The maximum Gasteiger partial charge on any atom is 0.259 e. The summed E-state index contributed by atoms with van der Waals surface area (Å²) in [7, 11) is 0. The molecule has 1 aliphatic rings. The molecule has 0 radical (unpaired) electrons. The summed E-state index contributed by atoms with van der Waals surface area (Å²) in [5.74, 6) is -1.90. The molecule has 0 spiro atoms. The largest absolute Gasteiger partial charge is 0.368 e. The summed E-state index contributed by atoms with van der Waals surface area (Å²) in [6.45, 7) is 0.417. The Kier molecular flexibility index (Phi) is 3.55. The number of aromatic nitrogens is 1. The molecule has 2 amide bonds. The number of hydrogen-bond acceptors (Lipinski definition) is 3. The number of nitrogens with zero attached hydrogens (tertiary/aromatic N) is 2. The lowest BCUT2D eigenvalue weighted by molar-refractivity contribution is -0.123. The van der Waals surface area contributed by atoms with Crippen molar-refractivity contribution in [3.8, 4) is 0 Å². The fourth-order valence-electron chi connectivity index (χ4n) is 2.17. The van der Waals surface area contributed by atoms with E-state index in [-0.39, 0.29) is 5.56 Å². The lowest BCUT2D eigenvalue weighted by Crippen LogP contribution is -2.50. The molecule has 1 aliphatic heterocycles. The molecule has 2 rings (SSSR count). The Balaban J connectivity index is 2.27. The second-order valence-corrected chi connectivity index (χ2v) is 4.25. The zero-order chi connectivity index (χ0) is 13.1. The third-order valence-electron chi connectivity index (χ3n) is 3.08. The number of amides is 2. The number of carbonyl (C=O) groups is 2. The molecule has 2 N–H and O–H groups in total. The summed E-state index contributed by atoms with van der Waals surface area (Å²) in [6.07, 6.45) is 3.43.